The van der Waals surface area contributed by atoms with E-state index in [1.807, 2.05) is 0 Å². The van der Waals surface area contributed by atoms with Crippen LogP contribution in [0.4, 0.5) is 23.5 Å². The highest BCUT2D eigenvalue weighted by molar-refractivity contribution is 7.89. The Bertz CT molecular complexity index is 1120. The normalized spacial score (nSPS) is 12.0. The van der Waals surface area contributed by atoms with Crippen LogP contribution in [0, 0.1) is 5.82 Å². The number of nitrogens with one attached hydrogen (secondary N) is 1. The first kappa shape index (κ1) is 20.7. The molecule has 2 aromatic carbocycles. The molecule has 0 amide bonds. The van der Waals surface area contributed by atoms with Crippen molar-refractivity contribution in [1.29, 1.82) is 0 Å². The molecule has 0 saturated heterocycles. The minimum atomic E-state index is -4.72. The number of sulfonamides is 1. The van der Waals surface area contributed by atoms with Crippen LogP contribution in [-0.2, 0) is 22.7 Å². The maximum Gasteiger partial charge on any atom is 0.433 e. The molecule has 11 heteroatoms. The van der Waals surface area contributed by atoms with Gasteiger partial charge in [-0.25, -0.2) is 27.9 Å². The Kier molecular flexibility index (Phi) is 5.53. The molecule has 29 heavy (non-hydrogen) atoms. The molecule has 0 aliphatic carbocycles. The topological polar surface area (TPSA) is 98.0 Å². The lowest BCUT2D eigenvalue weighted by Gasteiger charge is -2.12. The Balaban J connectivity index is 1.94. The number of hydrogen-bond donors (Lipinski definition) is 2. The molecule has 0 spiro atoms. The van der Waals surface area contributed by atoms with E-state index in [0.29, 0.717) is 5.56 Å². The maximum atomic E-state index is 13.2. The van der Waals surface area contributed by atoms with Gasteiger partial charge in [0.15, 0.2) is 5.69 Å². The lowest BCUT2D eigenvalue weighted by molar-refractivity contribution is -0.141. The van der Waals surface area contributed by atoms with Gasteiger partial charge in [0.1, 0.15) is 5.82 Å². The van der Waals surface area contributed by atoms with Crippen LogP contribution < -0.4 is 10.5 Å². The van der Waals surface area contributed by atoms with Gasteiger partial charge in [-0.3, -0.25) is 0 Å². The summed E-state index contributed by atoms with van der Waals surface area (Å²) in [4.78, 5) is 7.37. The van der Waals surface area contributed by atoms with Crippen LogP contribution in [0.1, 0.15) is 11.3 Å². The molecule has 0 unspecified atom stereocenters. The minimum absolute atomic E-state index is 0.0603. The number of aromatic nitrogens is 2. The van der Waals surface area contributed by atoms with E-state index in [9.17, 15) is 26.0 Å². The standard InChI is InChI=1S/C18H14F4N4O2S/c19-13-5-1-11(2-6-13)10-24-17-25-15(9-16(26-17)18(20,21)22)12-3-7-14(8-4-12)29(23,27)28/h1-9H,10H2,(H2,23,27,28)(H,24,25,26)/i19-1. The maximum absolute atomic E-state index is 13.2. The first-order chi connectivity index (χ1) is 13.5. The highest BCUT2D eigenvalue weighted by Crippen LogP contribution is 2.31. The zero-order valence-corrected chi connectivity index (χ0v) is 15.4. The van der Waals surface area contributed by atoms with E-state index in [1.165, 1.54) is 48.5 Å². The van der Waals surface area contributed by atoms with Gasteiger partial charge in [0.05, 0.1) is 10.6 Å². The molecule has 1 aromatic heterocycles. The number of anilines is 1. The summed E-state index contributed by atoms with van der Waals surface area (Å²) in [7, 11) is -3.94. The number of hydrogen-bond acceptors (Lipinski definition) is 5. The van der Waals surface area contributed by atoms with Crippen molar-refractivity contribution >= 4 is 16.0 Å². The average molecular weight is 425 g/mol. The minimum Gasteiger partial charge on any atom is -0.350 e. The van der Waals surface area contributed by atoms with Crippen LogP contribution >= 0.6 is 0 Å². The van der Waals surface area contributed by atoms with E-state index in [-0.39, 0.29) is 28.6 Å². The summed E-state index contributed by atoms with van der Waals surface area (Å²) in [6.45, 7) is 0.0748. The molecule has 0 aliphatic rings. The smallest absolute Gasteiger partial charge is 0.350 e. The molecule has 1 heterocycles. The molecule has 0 saturated carbocycles. The van der Waals surface area contributed by atoms with Crippen LogP contribution in [0.5, 0.6) is 0 Å². The summed E-state index contributed by atoms with van der Waals surface area (Å²) >= 11 is 0. The summed E-state index contributed by atoms with van der Waals surface area (Å²) in [5.74, 6) is -0.719. The summed E-state index contributed by atoms with van der Waals surface area (Å²) in [5.41, 5.74) is -0.365. The molecule has 0 fully saturated rings. The number of benzene rings is 2. The van der Waals surface area contributed by atoms with Crippen molar-refractivity contribution < 1.29 is 26.0 Å². The predicted octanol–water partition coefficient (Wildman–Crippen LogP) is 3.56. The third kappa shape index (κ3) is 5.27. The Labute approximate surface area is 163 Å². The van der Waals surface area contributed by atoms with Gasteiger partial charge in [0, 0.05) is 12.1 Å². The van der Waals surface area contributed by atoms with Gasteiger partial charge in [-0.2, -0.15) is 13.2 Å². The van der Waals surface area contributed by atoms with Gasteiger partial charge in [-0.05, 0) is 35.9 Å². The third-order valence-corrected chi connectivity index (χ3v) is 4.79. The fourth-order valence-electron chi connectivity index (χ4n) is 2.42. The van der Waals surface area contributed by atoms with Crippen molar-refractivity contribution in [2.75, 3.05) is 5.32 Å². The number of halogens is 4. The van der Waals surface area contributed by atoms with Gasteiger partial charge in [0.25, 0.3) is 0 Å². The van der Waals surface area contributed by atoms with Crippen LogP contribution in [0.3, 0.4) is 0 Å². The molecule has 3 rings (SSSR count). The molecule has 0 bridgehead atoms. The number of nitrogens with two attached hydrogens (primary N) is 1. The van der Waals surface area contributed by atoms with Crippen LogP contribution in [0.15, 0.2) is 59.5 Å². The van der Waals surface area contributed by atoms with Crippen molar-refractivity contribution in [3.05, 3.63) is 71.7 Å². The number of alkyl halides is 3. The Morgan fingerprint density at radius 2 is 1.59 bits per heavy atom. The largest absolute Gasteiger partial charge is 0.433 e. The van der Waals surface area contributed by atoms with Gasteiger partial charge in [0.2, 0.25) is 16.0 Å². The summed E-state index contributed by atoms with van der Waals surface area (Å²) in [6, 6.07) is 11.1. The zero-order valence-electron chi connectivity index (χ0n) is 14.6. The molecular formula is C18H14F4N4O2S. The molecule has 152 valence electrons. The van der Waals surface area contributed by atoms with E-state index < -0.39 is 27.7 Å². The van der Waals surface area contributed by atoms with Crippen LogP contribution in [0.2, 0.25) is 0 Å². The van der Waals surface area contributed by atoms with Gasteiger partial charge in [-0.1, -0.05) is 24.3 Å². The quantitative estimate of drug-likeness (QED) is 0.609. The van der Waals surface area contributed by atoms with Crippen molar-refractivity contribution in [3.8, 4) is 11.3 Å². The molecule has 0 atom stereocenters. The molecular weight excluding hydrogens is 411 g/mol. The summed E-state index contributed by atoms with van der Waals surface area (Å²) in [6.07, 6.45) is -4.72. The first-order valence-corrected chi connectivity index (χ1v) is 9.65. The van der Waals surface area contributed by atoms with Crippen LogP contribution in [-0.4, -0.2) is 18.4 Å². The van der Waals surface area contributed by atoms with E-state index in [1.54, 1.807) is 0 Å². The van der Waals surface area contributed by atoms with Crippen LogP contribution in [0.25, 0.3) is 11.3 Å². The number of nitrogens with zero attached hydrogens (tertiary/aromatic N) is 2. The highest BCUT2D eigenvalue weighted by Gasteiger charge is 2.33. The third-order valence-electron chi connectivity index (χ3n) is 3.86. The van der Waals surface area contributed by atoms with Gasteiger partial charge < -0.3 is 5.32 Å². The Hall–Kier alpha value is -3.05. The SMILES string of the molecule is NS(=O)(=O)c1ccc(-c2cc(C(F)(F)F)nc(NCc3ccc([18F])cc3)n2)cc1. The molecule has 0 radical (unpaired) electrons. The lowest BCUT2D eigenvalue weighted by Crippen LogP contribution is -2.13. The fourth-order valence-corrected chi connectivity index (χ4v) is 2.93. The Morgan fingerprint density at radius 1 is 0.966 bits per heavy atom. The Morgan fingerprint density at radius 3 is 2.14 bits per heavy atom. The summed E-state index contributed by atoms with van der Waals surface area (Å²) < 4.78 is 75.3. The molecule has 6 nitrogen and oxygen atoms in total. The number of rotatable bonds is 5. The average Bonchev–Trinajstić information content (AvgIpc) is 2.66. The van der Waals surface area contributed by atoms with E-state index >= 15 is 0 Å². The van der Waals surface area contributed by atoms with E-state index in [0.717, 1.165) is 6.07 Å². The molecule has 3 aromatic rings. The zero-order chi connectivity index (χ0) is 21.2. The molecule has 3 N–H and O–H groups in total. The summed E-state index contributed by atoms with van der Waals surface area (Å²) in [5, 5.41) is 7.70. The second-order valence-corrected chi connectivity index (χ2v) is 7.57. The van der Waals surface area contributed by atoms with E-state index in [2.05, 4.69) is 15.3 Å². The lowest BCUT2D eigenvalue weighted by atomic mass is 10.1. The monoisotopic (exact) mass is 425 g/mol. The van der Waals surface area contributed by atoms with Crippen molar-refractivity contribution in [3.63, 3.8) is 0 Å². The number of primary sulfonamides is 1. The highest BCUT2D eigenvalue weighted by atomic mass is 32.2. The fraction of sp³-hybridized carbons (Fsp3) is 0.111. The van der Waals surface area contributed by atoms with Crippen molar-refractivity contribution in [2.45, 2.75) is 17.6 Å². The first-order valence-electron chi connectivity index (χ1n) is 8.10. The van der Waals surface area contributed by atoms with E-state index in [4.69, 9.17) is 5.14 Å². The van der Waals surface area contributed by atoms with Crippen molar-refractivity contribution in [2.24, 2.45) is 5.14 Å². The van der Waals surface area contributed by atoms with Crippen molar-refractivity contribution in [1.82, 2.24) is 9.97 Å². The second kappa shape index (κ2) is 7.76. The second-order valence-electron chi connectivity index (χ2n) is 6.01. The molecule has 0 aliphatic heterocycles. The predicted molar refractivity (Wildman–Crippen MR) is 97.6 cm³/mol. The van der Waals surface area contributed by atoms with Gasteiger partial charge >= 0.3 is 6.18 Å². The van der Waals surface area contributed by atoms with Gasteiger partial charge in [-0.15, -0.1) is 0 Å².